The second-order valence-electron chi connectivity index (χ2n) is 6.09. The van der Waals surface area contributed by atoms with Crippen LogP contribution in [0, 0.1) is 5.82 Å². The fraction of sp³-hybridized carbons (Fsp3) is 0.350. The van der Waals surface area contributed by atoms with Crippen LogP contribution >= 0.6 is 11.6 Å². The Morgan fingerprint density at radius 1 is 1.15 bits per heavy atom. The summed E-state index contributed by atoms with van der Waals surface area (Å²) in [5.74, 6) is 0.659. The van der Waals surface area contributed by atoms with Gasteiger partial charge in [-0.25, -0.2) is 4.39 Å². The number of anilines is 1. The van der Waals surface area contributed by atoms with Gasteiger partial charge in [-0.1, -0.05) is 17.7 Å². The smallest absolute Gasteiger partial charge is 0.279 e. The maximum atomic E-state index is 13.9. The molecule has 0 aromatic heterocycles. The second-order valence-corrected chi connectivity index (χ2v) is 6.49. The Hall–Kier alpha value is -2.31. The first-order valence-corrected chi connectivity index (χ1v) is 9.26. The normalized spacial score (nSPS) is 11.7. The van der Waals surface area contributed by atoms with Crippen molar-refractivity contribution in [3.8, 4) is 11.5 Å². The minimum absolute atomic E-state index is 0.168. The fourth-order valence-corrected chi connectivity index (χ4v) is 2.90. The van der Waals surface area contributed by atoms with Gasteiger partial charge in [0.15, 0.2) is 18.0 Å². The third-order valence-corrected chi connectivity index (χ3v) is 4.18. The zero-order valence-electron chi connectivity index (χ0n) is 15.8. The maximum absolute atomic E-state index is 13.9. The highest BCUT2D eigenvalue weighted by atomic mass is 35.5. The number of halogens is 2. The number of quaternary nitrogens is 1. The second kappa shape index (κ2) is 10.1. The molecule has 2 N–H and O–H groups in total. The van der Waals surface area contributed by atoms with Gasteiger partial charge >= 0.3 is 0 Å². The lowest BCUT2D eigenvalue weighted by atomic mass is 10.2. The Morgan fingerprint density at radius 2 is 1.85 bits per heavy atom. The minimum atomic E-state index is -0.366. The van der Waals surface area contributed by atoms with Crippen LogP contribution in [0.4, 0.5) is 10.1 Å². The lowest BCUT2D eigenvalue weighted by molar-refractivity contribution is -0.885. The zero-order valence-corrected chi connectivity index (χ0v) is 16.5. The van der Waals surface area contributed by atoms with Gasteiger partial charge in [0.25, 0.3) is 5.91 Å². The van der Waals surface area contributed by atoms with Crippen LogP contribution in [-0.2, 0) is 11.3 Å². The molecule has 5 nitrogen and oxygen atoms in total. The molecule has 27 heavy (non-hydrogen) atoms. The van der Waals surface area contributed by atoms with E-state index in [9.17, 15) is 9.18 Å². The summed E-state index contributed by atoms with van der Waals surface area (Å²) < 4.78 is 25.0. The molecule has 146 valence electrons. The van der Waals surface area contributed by atoms with Gasteiger partial charge < -0.3 is 19.7 Å². The Bertz CT molecular complexity index is 766. The van der Waals surface area contributed by atoms with Gasteiger partial charge in [0.1, 0.15) is 12.4 Å². The fourth-order valence-electron chi connectivity index (χ4n) is 2.67. The van der Waals surface area contributed by atoms with Crippen molar-refractivity contribution in [1.82, 2.24) is 0 Å². The van der Waals surface area contributed by atoms with Crippen molar-refractivity contribution in [2.45, 2.75) is 20.4 Å². The quantitative estimate of drug-likeness (QED) is 0.686. The van der Waals surface area contributed by atoms with Crippen LogP contribution in [-0.4, -0.2) is 32.7 Å². The number of ether oxygens (including phenoxy) is 2. The maximum Gasteiger partial charge on any atom is 0.279 e. The van der Waals surface area contributed by atoms with E-state index in [1.807, 2.05) is 20.9 Å². The molecular formula is C20H25ClFN2O3+. The van der Waals surface area contributed by atoms with Gasteiger partial charge in [-0.2, -0.15) is 0 Å². The number of rotatable bonds is 9. The van der Waals surface area contributed by atoms with Crippen LogP contribution in [0.15, 0.2) is 36.4 Å². The number of benzene rings is 2. The first-order chi connectivity index (χ1) is 12.9. The molecule has 2 aromatic rings. The molecule has 0 aliphatic rings. The number of hydrogen-bond donors (Lipinski definition) is 2. The van der Waals surface area contributed by atoms with E-state index in [1.54, 1.807) is 30.3 Å². The SMILES string of the molecule is CCOc1ccc(NC(=O)C[NH+](C)Cc2c(F)cccc2Cl)cc1OCC. The average Bonchev–Trinajstić information content (AvgIpc) is 2.61. The predicted octanol–water partition coefficient (Wildman–Crippen LogP) is 2.93. The van der Waals surface area contributed by atoms with Crippen LogP contribution in [0.1, 0.15) is 19.4 Å². The van der Waals surface area contributed by atoms with E-state index in [-0.39, 0.29) is 18.3 Å². The third-order valence-electron chi connectivity index (χ3n) is 3.83. The Balaban J connectivity index is 1.99. The van der Waals surface area contributed by atoms with E-state index in [0.717, 1.165) is 4.90 Å². The molecule has 0 aliphatic heterocycles. The number of carbonyl (C=O) groups is 1. The van der Waals surface area contributed by atoms with Crippen LogP contribution in [0.3, 0.4) is 0 Å². The minimum Gasteiger partial charge on any atom is -0.490 e. The van der Waals surface area contributed by atoms with Crippen molar-refractivity contribution in [1.29, 1.82) is 0 Å². The number of hydrogen-bond acceptors (Lipinski definition) is 3. The molecule has 0 heterocycles. The highest BCUT2D eigenvalue weighted by molar-refractivity contribution is 6.31. The molecule has 1 atom stereocenters. The van der Waals surface area contributed by atoms with Crippen LogP contribution in [0.2, 0.25) is 5.02 Å². The highest BCUT2D eigenvalue weighted by Crippen LogP contribution is 2.30. The lowest BCUT2D eigenvalue weighted by Crippen LogP contribution is -3.08. The van der Waals surface area contributed by atoms with Gasteiger partial charge in [0, 0.05) is 11.8 Å². The molecule has 2 rings (SSSR count). The third kappa shape index (κ3) is 6.12. The monoisotopic (exact) mass is 395 g/mol. The molecule has 0 radical (unpaired) electrons. The topological polar surface area (TPSA) is 52.0 Å². The van der Waals surface area contributed by atoms with Gasteiger partial charge in [0.2, 0.25) is 0 Å². The number of amides is 1. The number of likely N-dealkylation sites (N-methyl/N-ethyl adjacent to an activating group) is 1. The van der Waals surface area contributed by atoms with E-state index in [1.165, 1.54) is 6.07 Å². The average molecular weight is 396 g/mol. The summed E-state index contributed by atoms with van der Waals surface area (Å²) in [7, 11) is 1.81. The van der Waals surface area contributed by atoms with E-state index < -0.39 is 0 Å². The van der Waals surface area contributed by atoms with Gasteiger partial charge in [-0.15, -0.1) is 0 Å². The zero-order chi connectivity index (χ0) is 19.8. The van der Waals surface area contributed by atoms with E-state index in [0.29, 0.717) is 47.5 Å². The summed E-state index contributed by atoms with van der Waals surface area (Å²) in [5, 5.41) is 3.20. The largest absolute Gasteiger partial charge is 0.490 e. The predicted molar refractivity (Wildman–Crippen MR) is 104 cm³/mol. The molecule has 2 aromatic carbocycles. The van der Waals surface area contributed by atoms with Gasteiger partial charge in [-0.05, 0) is 38.1 Å². The molecule has 0 aliphatic carbocycles. The number of carbonyl (C=O) groups excluding carboxylic acids is 1. The summed E-state index contributed by atoms with van der Waals surface area (Å²) in [4.78, 5) is 13.1. The molecule has 0 fully saturated rings. The van der Waals surface area contributed by atoms with Crippen LogP contribution < -0.4 is 19.7 Å². The summed E-state index contributed by atoms with van der Waals surface area (Å²) in [6.07, 6.45) is 0. The molecule has 7 heteroatoms. The van der Waals surface area contributed by atoms with Gasteiger partial charge in [-0.3, -0.25) is 4.79 Å². The van der Waals surface area contributed by atoms with Crippen molar-refractivity contribution >= 4 is 23.2 Å². The molecule has 0 bridgehead atoms. The van der Waals surface area contributed by atoms with Crippen molar-refractivity contribution < 1.29 is 23.6 Å². The van der Waals surface area contributed by atoms with E-state index in [4.69, 9.17) is 21.1 Å². The highest BCUT2D eigenvalue weighted by Gasteiger charge is 2.16. The summed E-state index contributed by atoms with van der Waals surface area (Å²) in [5.41, 5.74) is 1.02. The van der Waals surface area contributed by atoms with Crippen LogP contribution in [0.5, 0.6) is 11.5 Å². The lowest BCUT2D eigenvalue weighted by Gasteiger charge is -2.16. The summed E-state index contributed by atoms with van der Waals surface area (Å²) in [6.45, 7) is 5.28. The molecule has 0 saturated carbocycles. The Labute approximate surface area is 164 Å². The first kappa shape index (κ1) is 21.0. The molecule has 1 amide bonds. The van der Waals surface area contributed by atoms with Crippen molar-refractivity contribution in [2.24, 2.45) is 0 Å². The standard InChI is InChI=1S/C20H24ClFN2O3/c1-4-26-18-10-9-14(11-19(18)27-5-2)23-20(25)13-24(3)12-15-16(21)7-6-8-17(15)22/h6-11H,4-5,12-13H2,1-3H3,(H,23,25)/p+1. The molecule has 1 unspecified atom stereocenters. The summed E-state index contributed by atoms with van der Waals surface area (Å²) in [6, 6.07) is 9.82. The van der Waals surface area contributed by atoms with E-state index >= 15 is 0 Å². The van der Waals surface area contributed by atoms with Crippen molar-refractivity contribution in [2.75, 3.05) is 32.1 Å². The van der Waals surface area contributed by atoms with E-state index in [2.05, 4.69) is 5.32 Å². The number of nitrogens with one attached hydrogen (secondary N) is 2. The van der Waals surface area contributed by atoms with Crippen molar-refractivity contribution in [3.63, 3.8) is 0 Å². The Kier molecular flexibility index (Phi) is 7.88. The summed E-state index contributed by atoms with van der Waals surface area (Å²) >= 11 is 6.05. The molecular weight excluding hydrogens is 371 g/mol. The Morgan fingerprint density at radius 3 is 2.52 bits per heavy atom. The molecule has 0 saturated heterocycles. The molecule has 0 spiro atoms. The van der Waals surface area contributed by atoms with Gasteiger partial charge in [0.05, 0.1) is 30.8 Å². The van der Waals surface area contributed by atoms with Crippen LogP contribution in [0.25, 0.3) is 0 Å². The first-order valence-electron chi connectivity index (χ1n) is 8.88. The van der Waals surface area contributed by atoms with Crippen molar-refractivity contribution in [3.05, 3.63) is 52.8 Å².